The van der Waals surface area contributed by atoms with E-state index in [0.717, 1.165) is 6.07 Å². The van der Waals surface area contributed by atoms with E-state index in [2.05, 4.69) is 15.4 Å². The summed E-state index contributed by atoms with van der Waals surface area (Å²) in [6.07, 6.45) is -6.13. The molecule has 1 heterocycles. The molecule has 188 valence electrons. The Bertz CT molecular complexity index is 761. The van der Waals surface area contributed by atoms with Crippen LogP contribution in [0.3, 0.4) is 0 Å². The van der Waals surface area contributed by atoms with Crippen LogP contribution in [-0.4, -0.2) is 63.6 Å². The summed E-state index contributed by atoms with van der Waals surface area (Å²) in [5, 5.41) is 6.01. The molecule has 33 heavy (non-hydrogen) atoms. The second-order valence-electron chi connectivity index (χ2n) is 7.69. The number of hydrogen-bond acceptors (Lipinski definition) is 6. The lowest BCUT2D eigenvalue weighted by Crippen LogP contribution is -2.59. The summed E-state index contributed by atoms with van der Waals surface area (Å²) in [4.78, 5) is 12.3. The van der Waals surface area contributed by atoms with Gasteiger partial charge in [0, 0.05) is 28.7 Å². The van der Waals surface area contributed by atoms with Gasteiger partial charge < -0.3 is 24.8 Å². The van der Waals surface area contributed by atoms with Gasteiger partial charge in [-0.05, 0) is 38.0 Å². The maximum absolute atomic E-state index is 12.9. The molecule has 0 radical (unpaired) electrons. The molecule has 1 aliphatic heterocycles. The lowest BCUT2D eigenvalue weighted by Gasteiger charge is -2.38. The van der Waals surface area contributed by atoms with Crippen molar-refractivity contribution in [3.05, 3.63) is 28.8 Å². The molecule has 1 aromatic carbocycles. The van der Waals surface area contributed by atoms with Crippen molar-refractivity contribution in [1.82, 2.24) is 10.6 Å². The van der Waals surface area contributed by atoms with Gasteiger partial charge in [0.15, 0.2) is 6.61 Å². The van der Waals surface area contributed by atoms with Crippen molar-refractivity contribution in [3.8, 4) is 5.75 Å². The number of carbonyl (C=O) groups is 1. The Labute approximate surface area is 192 Å². The van der Waals surface area contributed by atoms with E-state index in [1.165, 1.54) is 12.1 Å². The van der Waals surface area contributed by atoms with E-state index in [1.54, 1.807) is 0 Å². The maximum Gasteiger partial charge on any atom is 0.522 e. The van der Waals surface area contributed by atoms with Gasteiger partial charge in [-0.25, -0.2) is 8.78 Å². The normalized spacial score (nSPS) is 21.3. The van der Waals surface area contributed by atoms with E-state index < -0.39 is 30.8 Å². The Morgan fingerprint density at radius 3 is 2.70 bits per heavy atom. The molecule has 2 N–H and O–H groups in total. The molecule has 0 aromatic heterocycles. The number of carbonyl (C=O) groups excluding carboxylic acids is 1. The van der Waals surface area contributed by atoms with Crippen molar-refractivity contribution in [2.45, 2.75) is 44.1 Å². The Hall–Kier alpha value is -1.73. The summed E-state index contributed by atoms with van der Waals surface area (Å²) in [5.41, 5.74) is -0.914. The summed E-state index contributed by atoms with van der Waals surface area (Å²) in [7, 11) is 0. The van der Waals surface area contributed by atoms with Crippen LogP contribution in [0, 0.1) is 0 Å². The molecule has 1 saturated heterocycles. The number of nitrogens with one attached hydrogen (secondary N) is 2. The van der Waals surface area contributed by atoms with Gasteiger partial charge >= 0.3 is 6.36 Å². The van der Waals surface area contributed by atoms with Crippen LogP contribution >= 0.6 is 11.6 Å². The van der Waals surface area contributed by atoms with Gasteiger partial charge in [-0.1, -0.05) is 11.6 Å². The summed E-state index contributed by atoms with van der Waals surface area (Å²) in [6.45, 7) is 1.23. The standard InChI is InChI=1S/C20H26ClF5N2O5/c1-19(28-17(29)10-32-14-2-3-16(21)15(8-14)18(22)23)5-4-13(27-11-19)9-31-12-30-6-7-33-20(24,25)26/h2-3,8,13,18,27H,4-7,9-12H2,1H3,(H,28,29)/t13?,19-/m1/s1. The van der Waals surface area contributed by atoms with Crippen molar-refractivity contribution in [3.63, 3.8) is 0 Å². The third-order valence-electron chi connectivity index (χ3n) is 4.82. The fraction of sp³-hybridized carbons (Fsp3) is 0.650. The van der Waals surface area contributed by atoms with Crippen molar-refractivity contribution in [2.75, 3.05) is 39.8 Å². The van der Waals surface area contributed by atoms with Crippen LogP contribution in [0.25, 0.3) is 0 Å². The second kappa shape index (κ2) is 12.7. The lowest BCUT2D eigenvalue weighted by molar-refractivity contribution is -0.328. The minimum atomic E-state index is -4.68. The van der Waals surface area contributed by atoms with Gasteiger partial charge in [0.25, 0.3) is 12.3 Å². The zero-order valence-electron chi connectivity index (χ0n) is 17.9. The first-order chi connectivity index (χ1) is 15.5. The third kappa shape index (κ3) is 10.4. The third-order valence-corrected chi connectivity index (χ3v) is 5.16. The van der Waals surface area contributed by atoms with Crippen molar-refractivity contribution in [2.24, 2.45) is 0 Å². The Balaban J connectivity index is 1.63. The molecule has 0 aliphatic carbocycles. The first kappa shape index (κ1) is 27.5. The van der Waals surface area contributed by atoms with E-state index in [1.807, 2.05) is 6.92 Å². The number of ether oxygens (including phenoxy) is 4. The number of piperidine rings is 1. The van der Waals surface area contributed by atoms with Gasteiger partial charge in [-0.3, -0.25) is 9.53 Å². The highest BCUT2D eigenvalue weighted by Crippen LogP contribution is 2.30. The zero-order chi connectivity index (χ0) is 24.5. The summed E-state index contributed by atoms with van der Waals surface area (Å²) in [5.74, 6) is -0.293. The van der Waals surface area contributed by atoms with Crippen molar-refractivity contribution < 1.29 is 45.7 Å². The van der Waals surface area contributed by atoms with E-state index in [-0.39, 0.29) is 49.0 Å². The van der Waals surface area contributed by atoms with Gasteiger partial charge in [0.05, 0.1) is 19.8 Å². The predicted octanol–water partition coefficient (Wildman–Crippen LogP) is 3.81. The van der Waals surface area contributed by atoms with Crippen molar-refractivity contribution >= 4 is 17.5 Å². The fourth-order valence-electron chi connectivity index (χ4n) is 3.13. The topological polar surface area (TPSA) is 78.1 Å². The van der Waals surface area contributed by atoms with Crippen LogP contribution in [-0.2, 0) is 19.0 Å². The minimum absolute atomic E-state index is 0.0110. The molecule has 1 unspecified atom stereocenters. The summed E-state index contributed by atoms with van der Waals surface area (Å²) >= 11 is 5.71. The molecule has 1 amide bonds. The molecular weight excluding hydrogens is 479 g/mol. The van der Waals surface area contributed by atoms with Crippen LogP contribution in [0.15, 0.2) is 18.2 Å². The van der Waals surface area contributed by atoms with Crippen LogP contribution in [0.1, 0.15) is 31.8 Å². The fourth-order valence-corrected chi connectivity index (χ4v) is 3.33. The zero-order valence-corrected chi connectivity index (χ0v) is 18.6. The predicted molar refractivity (Wildman–Crippen MR) is 108 cm³/mol. The maximum atomic E-state index is 12.9. The van der Waals surface area contributed by atoms with Gasteiger partial charge in [0.2, 0.25) is 0 Å². The number of benzene rings is 1. The highest BCUT2D eigenvalue weighted by Gasteiger charge is 2.32. The molecule has 1 aromatic rings. The Morgan fingerprint density at radius 1 is 1.30 bits per heavy atom. The summed E-state index contributed by atoms with van der Waals surface area (Å²) in [6, 6.07) is 3.78. The molecule has 2 atom stereocenters. The average molecular weight is 505 g/mol. The van der Waals surface area contributed by atoms with Crippen molar-refractivity contribution in [1.29, 1.82) is 0 Å². The Kier molecular flexibility index (Phi) is 10.6. The minimum Gasteiger partial charge on any atom is -0.484 e. The van der Waals surface area contributed by atoms with Gasteiger partial charge in [-0.15, -0.1) is 13.2 Å². The molecular formula is C20H26ClF5N2O5. The summed E-state index contributed by atoms with van der Waals surface area (Å²) < 4.78 is 80.3. The van der Waals surface area contributed by atoms with Crippen LogP contribution in [0.5, 0.6) is 5.75 Å². The molecule has 0 bridgehead atoms. The molecule has 7 nitrogen and oxygen atoms in total. The SMILES string of the molecule is C[C@@]1(NC(=O)COc2ccc(Cl)c(C(F)F)c2)CCC(COCOCCOC(F)(F)F)NC1. The molecule has 1 fully saturated rings. The number of hydrogen-bond donors (Lipinski definition) is 2. The van der Waals surface area contributed by atoms with E-state index >= 15 is 0 Å². The largest absolute Gasteiger partial charge is 0.522 e. The number of rotatable bonds is 12. The number of halogens is 6. The quantitative estimate of drug-likeness (QED) is 0.256. The highest BCUT2D eigenvalue weighted by atomic mass is 35.5. The monoisotopic (exact) mass is 504 g/mol. The van der Waals surface area contributed by atoms with E-state index in [0.29, 0.717) is 19.4 Å². The van der Waals surface area contributed by atoms with E-state index in [4.69, 9.17) is 25.8 Å². The smallest absolute Gasteiger partial charge is 0.484 e. The molecule has 1 aliphatic rings. The Morgan fingerprint density at radius 2 is 2.06 bits per heavy atom. The first-order valence-electron chi connectivity index (χ1n) is 10.1. The van der Waals surface area contributed by atoms with Gasteiger partial charge in [-0.2, -0.15) is 0 Å². The number of amides is 1. The van der Waals surface area contributed by atoms with E-state index in [9.17, 15) is 26.7 Å². The first-order valence-corrected chi connectivity index (χ1v) is 10.5. The van der Waals surface area contributed by atoms with Crippen LogP contribution < -0.4 is 15.4 Å². The average Bonchev–Trinajstić information content (AvgIpc) is 2.72. The molecule has 2 rings (SSSR count). The van der Waals surface area contributed by atoms with Gasteiger partial charge in [0.1, 0.15) is 12.5 Å². The molecule has 0 saturated carbocycles. The van der Waals surface area contributed by atoms with Crippen LogP contribution in [0.4, 0.5) is 22.0 Å². The lowest BCUT2D eigenvalue weighted by atomic mass is 9.89. The second-order valence-corrected chi connectivity index (χ2v) is 8.10. The highest BCUT2D eigenvalue weighted by molar-refractivity contribution is 6.31. The van der Waals surface area contributed by atoms with Crippen LogP contribution in [0.2, 0.25) is 5.02 Å². The molecule has 0 spiro atoms. The molecule has 13 heteroatoms. The number of alkyl halides is 5.